The number of hydrogen-bond donors (Lipinski definition) is 4. The molecule has 0 aliphatic carbocycles. The first-order chi connectivity index (χ1) is 26.0. The molecule has 22 heteroatoms. The van der Waals surface area contributed by atoms with E-state index in [1.807, 2.05) is 0 Å². The third-order valence-electron chi connectivity index (χ3n) is 9.22. The summed E-state index contributed by atoms with van der Waals surface area (Å²) in [5.74, 6) is -6.37. The summed E-state index contributed by atoms with van der Waals surface area (Å²) in [5, 5.41) is 42.8. The number of aliphatic carboxylic acids is 1. The van der Waals surface area contributed by atoms with Crippen LogP contribution in [0.1, 0.15) is 33.4 Å². The number of carbonyl (C=O) groups excluding carboxylic acids is 3. The largest absolute Gasteiger partial charge is 0.477 e. The number of ketones is 1. The van der Waals surface area contributed by atoms with Crippen LogP contribution in [0.2, 0.25) is 0 Å². The maximum absolute atomic E-state index is 13.3. The fourth-order valence-electron chi connectivity index (χ4n) is 6.65. The van der Waals surface area contributed by atoms with E-state index < -0.39 is 85.8 Å². The smallest absolute Gasteiger partial charge is 0.352 e. The molecule has 4 heterocycles. The first-order valence-electron chi connectivity index (χ1n) is 16.3. The second-order valence-corrected chi connectivity index (χ2v) is 15.7. The number of sulfonamides is 1. The summed E-state index contributed by atoms with van der Waals surface area (Å²) in [6, 6.07) is 8.40. The molecule has 20 nitrogen and oxygen atoms in total. The first-order valence-corrected chi connectivity index (χ1v) is 18.8. The standard InChI is InChI=1S/C33H31N7O13S2/c1-16(41)25-28-21(10-17-2-6-19(7-3-17)39(47)48)26(29(32(44)45)38(28)30(25)43)24-12-37-15-35-27(31(37)54-24)23(42)11-36-55(51,52)14-22(34)33(46)53-13-18-4-8-20(9-5-18)40(49)50/h2-9,12,15-16,21-22,25,28,36,41H,10-11,13-14,34H2,1H3,(H,44,45)/t16-,21?,22?,25-,28-/m1/s1. The highest BCUT2D eigenvalue weighted by atomic mass is 32.2. The van der Waals surface area contributed by atoms with Crippen molar-refractivity contribution in [2.75, 3.05) is 12.3 Å². The molecular weight excluding hydrogens is 767 g/mol. The number of nitro groups is 2. The minimum absolute atomic E-state index is 0.146. The molecular formula is C33H31N7O13S2. The zero-order chi connectivity index (χ0) is 39.9. The zero-order valence-electron chi connectivity index (χ0n) is 28.5. The minimum Gasteiger partial charge on any atom is -0.477 e. The van der Waals surface area contributed by atoms with Crippen molar-refractivity contribution < 1.29 is 52.4 Å². The van der Waals surface area contributed by atoms with Gasteiger partial charge in [-0.25, -0.2) is 22.9 Å². The normalized spacial score (nSPS) is 19.1. The van der Waals surface area contributed by atoms with Crippen molar-refractivity contribution in [2.45, 2.75) is 38.1 Å². The number of fused-ring (bicyclic) bond motifs is 2. The Morgan fingerprint density at radius 2 is 1.65 bits per heavy atom. The van der Waals surface area contributed by atoms with Gasteiger partial charge in [-0.15, -0.1) is 11.3 Å². The number of non-ortho nitro benzene ring substituents is 2. The summed E-state index contributed by atoms with van der Waals surface area (Å²) < 4.78 is 34.1. The number of nitrogens with one attached hydrogen (secondary N) is 1. The van der Waals surface area contributed by atoms with Crippen LogP contribution in [0.5, 0.6) is 0 Å². The average molecular weight is 798 g/mol. The number of ether oxygens (including phenoxy) is 1. The minimum atomic E-state index is -4.33. The van der Waals surface area contributed by atoms with Gasteiger partial charge in [0.05, 0.1) is 45.1 Å². The van der Waals surface area contributed by atoms with E-state index in [1.165, 1.54) is 72.4 Å². The topological polar surface area (TPSA) is 297 Å². The highest BCUT2D eigenvalue weighted by Crippen LogP contribution is 2.53. The summed E-state index contributed by atoms with van der Waals surface area (Å²) in [6.45, 7) is 0.325. The van der Waals surface area contributed by atoms with Crippen molar-refractivity contribution in [2.24, 2.45) is 17.6 Å². The number of carboxylic acids is 1. The van der Waals surface area contributed by atoms with Gasteiger partial charge in [-0.2, -0.15) is 0 Å². The molecule has 5 N–H and O–H groups in total. The molecule has 0 saturated carbocycles. The lowest BCUT2D eigenvalue weighted by Crippen LogP contribution is -2.64. The Morgan fingerprint density at radius 3 is 2.22 bits per heavy atom. The van der Waals surface area contributed by atoms with E-state index in [0.29, 0.717) is 16.0 Å². The van der Waals surface area contributed by atoms with Crippen LogP contribution in [0.4, 0.5) is 11.4 Å². The highest BCUT2D eigenvalue weighted by molar-refractivity contribution is 7.89. The van der Waals surface area contributed by atoms with Gasteiger partial charge in [0.15, 0.2) is 5.78 Å². The summed E-state index contributed by atoms with van der Waals surface area (Å²) in [6.07, 6.45) is 1.83. The van der Waals surface area contributed by atoms with Gasteiger partial charge in [-0.3, -0.25) is 39.0 Å². The lowest BCUT2D eigenvalue weighted by atomic mass is 9.74. The van der Waals surface area contributed by atoms with Crippen molar-refractivity contribution in [3.8, 4) is 0 Å². The molecule has 288 valence electrons. The van der Waals surface area contributed by atoms with E-state index >= 15 is 0 Å². The maximum atomic E-state index is 13.3. The number of carboxylic acid groups (broad SMARTS) is 1. The number of Topliss-reactive ketones (excluding diaryl/α,β-unsaturated/α-hetero) is 1. The number of hydrogen-bond acceptors (Lipinski definition) is 15. The van der Waals surface area contributed by atoms with Crippen molar-refractivity contribution >= 4 is 66.8 Å². The van der Waals surface area contributed by atoms with E-state index in [-0.39, 0.29) is 46.2 Å². The van der Waals surface area contributed by atoms with Gasteiger partial charge < -0.3 is 25.6 Å². The first kappa shape index (κ1) is 38.8. The molecule has 0 spiro atoms. The summed E-state index contributed by atoms with van der Waals surface area (Å²) in [5.41, 5.74) is 6.20. The van der Waals surface area contributed by atoms with E-state index in [4.69, 9.17) is 10.5 Å². The predicted molar refractivity (Wildman–Crippen MR) is 191 cm³/mol. The monoisotopic (exact) mass is 797 g/mol. The number of nitrogens with zero attached hydrogens (tertiary/aromatic N) is 5. The number of esters is 1. The van der Waals surface area contributed by atoms with Crippen molar-refractivity contribution in [1.29, 1.82) is 0 Å². The van der Waals surface area contributed by atoms with Gasteiger partial charge in [-0.1, -0.05) is 12.1 Å². The van der Waals surface area contributed by atoms with E-state index in [1.54, 1.807) is 0 Å². The van der Waals surface area contributed by atoms with Crippen molar-refractivity contribution in [3.05, 3.63) is 109 Å². The molecule has 4 aromatic rings. The number of carbonyl (C=O) groups is 4. The molecule has 1 fully saturated rings. The number of aliphatic hydroxyl groups excluding tert-OH is 1. The molecule has 1 amide bonds. The molecule has 1 saturated heterocycles. The number of aliphatic hydroxyl groups is 1. The Labute approximate surface area is 314 Å². The molecule has 2 aromatic carbocycles. The number of rotatable bonds is 16. The van der Waals surface area contributed by atoms with Crippen LogP contribution in [0.15, 0.2) is 66.8 Å². The number of nitro benzene ring substituents is 2. The van der Waals surface area contributed by atoms with Crippen molar-refractivity contribution in [1.82, 2.24) is 19.0 Å². The SMILES string of the molecule is C[C@@H](O)[C@H]1C(=O)N2C(C(=O)O)=C(c3cn4cnc(C(=O)CNS(=O)(=O)CC(N)C(=O)OCc5ccc([N+](=O)[O-])cc5)c4s3)C(Cc3ccc([N+](=O)[O-])cc3)[C@H]12. The quantitative estimate of drug-likeness (QED) is 0.0408. The van der Waals surface area contributed by atoms with Crippen LogP contribution in [-0.4, -0.2) is 96.9 Å². The second-order valence-electron chi connectivity index (χ2n) is 12.8. The van der Waals surface area contributed by atoms with Crippen LogP contribution < -0.4 is 10.5 Å². The van der Waals surface area contributed by atoms with E-state index in [0.717, 1.165) is 16.2 Å². The zero-order valence-corrected chi connectivity index (χ0v) is 30.1. The number of amides is 1. The summed E-state index contributed by atoms with van der Waals surface area (Å²) in [7, 11) is -4.33. The Morgan fingerprint density at radius 1 is 1.05 bits per heavy atom. The molecule has 2 aliphatic rings. The number of imidazole rings is 1. The number of thiazole rings is 1. The van der Waals surface area contributed by atoms with Gasteiger partial charge in [0.2, 0.25) is 15.9 Å². The summed E-state index contributed by atoms with van der Waals surface area (Å²) >= 11 is 0.971. The fraction of sp³-hybridized carbons (Fsp3) is 0.303. The van der Waals surface area contributed by atoms with Gasteiger partial charge in [0.25, 0.3) is 11.4 Å². The number of benzene rings is 2. The van der Waals surface area contributed by atoms with Crippen LogP contribution in [0, 0.1) is 32.1 Å². The van der Waals surface area contributed by atoms with Crippen LogP contribution >= 0.6 is 11.3 Å². The van der Waals surface area contributed by atoms with Crippen LogP contribution in [0.3, 0.4) is 0 Å². The average Bonchev–Trinajstić information content (AvgIpc) is 3.79. The van der Waals surface area contributed by atoms with E-state index in [2.05, 4.69) is 9.71 Å². The summed E-state index contributed by atoms with van der Waals surface area (Å²) in [4.78, 5) is 78.2. The van der Waals surface area contributed by atoms with Gasteiger partial charge in [0.1, 0.15) is 35.2 Å². The predicted octanol–water partition coefficient (Wildman–Crippen LogP) is 1.26. The molecule has 2 aliphatic heterocycles. The number of β-lactam (4-membered cyclic amide) rings is 1. The van der Waals surface area contributed by atoms with Crippen LogP contribution in [-0.2, 0) is 42.2 Å². The Hall–Kier alpha value is -5.94. The third kappa shape index (κ3) is 7.70. The lowest BCUT2D eigenvalue weighted by Gasteiger charge is -2.47. The second kappa shape index (κ2) is 15.1. The lowest BCUT2D eigenvalue weighted by molar-refractivity contribution is -0.385. The Kier molecular flexibility index (Phi) is 10.6. The molecule has 5 atom stereocenters. The number of nitrogens with two attached hydrogens (primary N) is 1. The van der Waals surface area contributed by atoms with Crippen LogP contribution in [0.25, 0.3) is 10.4 Å². The molecule has 0 radical (unpaired) electrons. The fourth-order valence-corrected chi connectivity index (χ4v) is 8.93. The molecule has 2 aromatic heterocycles. The molecule has 0 bridgehead atoms. The number of aromatic nitrogens is 2. The van der Waals surface area contributed by atoms with Gasteiger partial charge in [0, 0.05) is 42.0 Å². The Balaban J connectivity index is 1.18. The molecule has 6 rings (SSSR count). The Bertz CT molecular complexity index is 2370. The van der Waals surface area contributed by atoms with Gasteiger partial charge in [-0.05, 0) is 36.6 Å². The molecule has 55 heavy (non-hydrogen) atoms. The molecule has 2 unspecified atom stereocenters. The third-order valence-corrected chi connectivity index (χ3v) is 11.7. The highest BCUT2D eigenvalue weighted by Gasteiger charge is 2.61. The van der Waals surface area contributed by atoms with E-state index in [9.17, 15) is 58.0 Å². The van der Waals surface area contributed by atoms with Crippen molar-refractivity contribution in [3.63, 3.8) is 0 Å². The maximum Gasteiger partial charge on any atom is 0.352 e. The van der Waals surface area contributed by atoms with Gasteiger partial charge >= 0.3 is 11.9 Å².